The zero-order valence-corrected chi connectivity index (χ0v) is 11.1. The second-order valence-corrected chi connectivity index (χ2v) is 4.99. The lowest BCUT2D eigenvalue weighted by Gasteiger charge is -2.19. The smallest absolute Gasteiger partial charge is 0.0465 e. The van der Waals surface area contributed by atoms with Gasteiger partial charge in [-0.25, -0.2) is 0 Å². The molecule has 1 N–H and O–H groups in total. The van der Waals surface area contributed by atoms with E-state index in [0.29, 0.717) is 0 Å². The van der Waals surface area contributed by atoms with Gasteiger partial charge in [-0.05, 0) is 57.5 Å². The van der Waals surface area contributed by atoms with Crippen LogP contribution in [0.3, 0.4) is 0 Å². The van der Waals surface area contributed by atoms with Crippen LogP contribution >= 0.6 is 0 Å². The topological polar surface area (TPSA) is 21.3 Å². The van der Waals surface area contributed by atoms with E-state index in [-0.39, 0.29) is 0 Å². The SMILES string of the molecule is CCCNCC1CCCC1CCCOCC. The van der Waals surface area contributed by atoms with Crippen LogP contribution in [0.25, 0.3) is 0 Å². The van der Waals surface area contributed by atoms with Crippen LogP contribution in [-0.2, 0) is 4.74 Å². The van der Waals surface area contributed by atoms with E-state index in [2.05, 4.69) is 19.2 Å². The number of rotatable bonds is 9. The molecule has 0 aromatic carbocycles. The molecule has 2 unspecified atom stereocenters. The Kier molecular flexibility index (Phi) is 7.87. The molecule has 16 heavy (non-hydrogen) atoms. The van der Waals surface area contributed by atoms with Crippen molar-refractivity contribution in [2.45, 2.75) is 52.4 Å². The highest BCUT2D eigenvalue weighted by molar-refractivity contribution is 4.79. The van der Waals surface area contributed by atoms with Crippen molar-refractivity contribution in [1.29, 1.82) is 0 Å². The molecule has 0 aliphatic heterocycles. The fourth-order valence-electron chi connectivity index (χ4n) is 2.82. The summed E-state index contributed by atoms with van der Waals surface area (Å²) in [6, 6.07) is 0. The number of nitrogens with one attached hydrogen (secondary N) is 1. The third-order valence-electron chi connectivity index (χ3n) is 3.72. The molecule has 0 heterocycles. The lowest BCUT2D eigenvalue weighted by Crippen LogP contribution is -2.26. The summed E-state index contributed by atoms with van der Waals surface area (Å²) >= 11 is 0. The fourth-order valence-corrected chi connectivity index (χ4v) is 2.82. The van der Waals surface area contributed by atoms with Crippen molar-refractivity contribution in [3.8, 4) is 0 Å². The third-order valence-corrected chi connectivity index (χ3v) is 3.72. The number of hydrogen-bond acceptors (Lipinski definition) is 2. The van der Waals surface area contributed by atoms with Crippen LogP contribution < -0.4 is 5.32 Å². The zero-order valence-electron chi connectivity index (χ0n) is 11.1. The Hall–Kier alpha value is -0.0800. The van der Waals surface area contributed by atoms with E-state index < -0.39 is 0 Å². The molecule has 96 valence electrons. The average molecular weight is 227 g/mol. The van der Waals surface area contributed by atoms with Gasteiger partial charge in [0.15, 0.2) is 0 Å². The Morgan fingerprint density at radius 3 is 2.75 bits per heavy atom. The highest BCUT2D eigenvalue weighted by Gasteiger charge is 2.25. The molecule has 0 saturated heterocycles. The summed E-state index contributed by atoms with van der Waals surface area (Å²) in [7, 11) is 0. The molecule has 2 nitrogen and oxygen atoms in total. The molecular weight excluding hydrogens is 198 g/mol. The molecule has 2 heteroatoms. The molecule has 1 saturated carbocycles. The Morgan fingerprint density at radius 1 is 1.19 bits per heavy atom. The molecule has 0 amide bonds. The summed E-state index contributed by atoms with van der Waals surface area (Å²) in [5.74, 6) is 1.90. The van der Waals surface area contributed by atoms with Gasteiger partial charge in [0.2, 0.25) is 0 Å². The zero-order chi connectivity index (χ0) is 11.6. The fraction of sp³-hybridized carbons (Fsp3) is 1.00. The van der Waals surface area contributed by atoms with E-state index in [0.717, 1.165) is 25.0 Å². The van der Waals surface area contributed by atoms with Crippen molar-refractivity contribution in [3.05, 3.63) is 0 Å². The Morgan fingerprint density at radius 2 is 2.00 bits per heavy atom. The molecule has 1 aliphatic carbocycles. The summed E-state index contributed by atoms with van der Waals surface area (Å²) in [5.41, 5.74) is 0. The van der Waals surface area contributed by atoms with Crippen molar-refractivity contribution in [3.63, 3.8) is 0 Å². The minimum absolute atomic E-state index is 0.867. The first-order valence-electron chi connectivity index (χ1n) is 7.16. The minimum atomic E-state index is 0.867. The van der Waals surface area contributed by atoms with E-state index in [4.69, 9.17) is 4.74 Å². The molecule has 1 rings (SSSR count). The van der Waals surface area contributed by atoms with Crippen LogP contribution in [0.2, 0.25) is 0 Å². The van der Waals surface area contributed by atoms with E-state index >= 15 is 0 Å². The lowest BCUT2D eigenvalue weighted by molar-refractivity contribution is 0.137. The normalized spacial score (nSPS) is 25.1. The monoisotopic (exact) mass is 227 g/mol. The van der Waals surface area contributed by atoms with Crippen molar-refractivity contribution in [1.82, 2.24) is 5.32 Å². The van der Waals surface area contributed by atoms with E-state index in [1.165, 1.54) is 51.6 Å². The van der Waals surface area contributed by atoms with E-state index in [1.807, 2.05) is 0 Å². The van der Waals surface area contributed by atoms with Crippen molar-refractivity contribution < 1.29 is 4.74 Å². The van der Waals surface area contributed by atoms with Crippen LogP contribution in [0.5, 0.6) is 0 Å². The standard InChI is InChI=1S/C14H29NO/c1-3-10-15-12-14-8-5-7-13(14)9-6-11-16-4-2/h13-15H,3-12H2,1-2H3. The number of ether oxygens (including phenoxy) is 1. The van der Waals surface area contributed by atoms with Gasteiger partial charge in [0.25, 0.3) is 0 Å². The maximum atomic E-state index is 5.41. The second kappa shape index (κ2) is 9.00. The average Bonchev–Trinajstić information content (AvgIpc) is 2.73. The van der Waals surface area contributed by atoms with Gasteiger partial charge in [-0.2, -0.15) is 0 Å². The summed E-state index contributed by atoms with van der Waals surface area (Å²) in [6.45, 7) is 8.57. The van der Waals surface area contributed by atoms with Crippen molar-refractivity contribution in [2.75, 3.05) is 26.3 Å². The highest BCUT2D eigenvalue weighted by Crippen LogP contribution is 2.34. The van der Waals surface area contributed by atoms with Gasteiger partial charge in [-0.15, -0.1) is 0 Å². The van der Waals surface area contributed by atoms with Gasteiger partial charge in [0.05, 0.1) is 0 Å². The van der Waals surface area contributed by atoms with Gasteiger partial charge in [-0.1, -0.05) is 19.8 Å². The molecule has 0 aromatic heterocycles. The summed E-state index contributed by atoms with van der Waals surface area (Å²) in [6.07, 6.45) is 8.21. The van der Waals surface area contributed by atoms with Gasteiger partial charge >= 0.3 is 0 Å². The van der Waals surface area contributed by atoms with Crippen LogP contribution in [0.1, 0.15) is 52.4 Å². The first-order valence-corrected chi connectivity index (χ1v) is 7.16. The molecule has 1 aliphatic rings. The van der Waals surface area contributed by atoms with Crippen LogP contribution in [0.15, 0.2) is 0 Å². The largest absolute Gasteiger partial charge is 0.382 e. The summed E-state index contributed by atoms with van der Waals surface area (Å²) in [5, 5.41) is 3.58. The Bertz CT molecular complexity index is 161. The first kappa shape index (κ1) is 14.0. The minimum Gasteiger partial charge on any atom is -0.382 e. The molecule has 0 spiro atoms. The maximum Gasteiger partial charge on any atom is 0.0465 e. The van der Waals surface area contributed by atoms with Crippen molar-refractivity contribution in [2.24, 2.45) is 11.8 Å². The molecule has 2 atom stereocenters. The van der Waals surface area contributed by atoms with E-state index in [9.17, 15) is 0 Å². The molecule has 0 radical (unpaired) electrons. The predicted octanol–water partition coefficient (Wildman–Crippen LogP) is 3.22. The van der Waals surface area contributed by atoms with Gasteiger partial charge in [-0.3, -0.25) is 0 Å². The molecule has 0 bridgehead atoms. The summed E-state index contributed by atoms with van der Waals surface area (Å²) < 4.78 is 5.41. The third kappa shape index (κ3) is 5.31. The predicted molar refractivity (Wildman–Crippen MR) is 69.7 cm³/mol. The molecule has 1 fully saturated rings. The Balaban J connectivity index is 2.08. The summed E-state index contributed by atoms with van der Waals surface area (Å²) in [4.78, 5) is 0. The maximum absolute atomic E-state index is 5.41. The molecular formula is C14H29NO. The quantitative estimate of drug-likeness (QED) is 0.611. The first-order chi connectivity index (χ1) is 7.88. The van der Waals surface area contributed by atoms with Gasteiger partial charge in [0, 0.05) is 13.2 Å². The van der Waals surface area contributed by atoms with E-state index in [1.54, 1.807) is 0 Å². The number of hydrogen-bond donors (Lipinski definition) is 1. The van der Waals surface area contributed by atoms with Crippen LogP contribution in [-0.4, -0.2) is 26.3 Å². The van der Waals surface area contributed by atoms with Crippen LogP contribution in [0.4, 0.5) is 0 Å². The Labute approximate surface area is 101 Å². The van der Waals surface area contributed by atoms with Crippen LogP contribution in [0, 0.1) is 11.8 Å². The lowest BCUT2D eigenvalue weighted by atomic mass is 9.91. The highest BCUT2D eigenvalue weighted by atomic mass is 16.5. The molecule has 0 aromatic rings. The second-order valence-electron chi connectivity index (χ2n) is 4.99. The van der Waals surface area contributed by atoms with Crippen molar-refractivity contribution >= 4 is 0 Å². The van der Waals surface area contributed by atoms with Gasteiger partial charge in [0.1, 0.15) is 0 Å². The van der Waals surface area contributed by atoms with Gasteiger partial charge < -0.3 is 10.1 Å².